The fraction of sp³-hybridized carbons (Fsp3) is 0. The molecule has 2 nitrogen and oxygen atoms in total. The molecule has 0 bridgehead atoms. The van der Waals surface area contributed by atoms with Crippen LogP contribution in [0.1, 0.15) is 0 Å². The molecule has 4 aromatic rings. The number of hydrogen-bond donors (Lipinski definition) is 1. The minimum absolute atomic E-state index is 0. The van der Waals surface area contributed by atoms with E-state index in [1.807, 2.05) is 54.6 Å². The van der Waals surface area contributed by atoms with E-state index in [1.54, 1.807) is 11.3 Å². The Balaban J connectivity index is 0.00000182. The summed E-state index contributed by atoms with van der Waals surface area (Å²) in [4.78, 5) is 6.04. The summed E-state index contributed by atoms with van der Waals surface area (Å²) in [7, 11) is 0. The molecule has 1 heterocycles. The van der Waals surface area contributed by atoms with Crippen molar-refractivity contribution in [2.45, 2.75) is 0 Å². The third-order valence-corrected chi connectivity index (χ3v) is 4.76. The molecule has 0 saturated heterocycles. The van der Waals surface area contributed by atoms with Crippen LogP contribution in [0.5, 0.6) is 0 Å². The highest BCUT2D eigenvalue weighted by atomic mass is 79.9. The normalized spacial score (nSPS) is 10.1. The Hall–Kier alpha value is -2.43. The fourth-order valence-electron chi connectivity index (χ4n) is 2.60. The summed E-state index contributed by atoms with van der Waals surface area (Å²) in [6.07, 6.45) is 0. The summed E-state index contributed by atoms with van der Waals surface area (Å²) in [5, 5.41) is 4.31. The van der Waals surface area contributed by atoms with Crippen LogP contribution in [0.2, 0.25) is 0 Å². The third kappa shape index (κ3) is 3.98. The van der Waals surface area contributed by atoms with Crippen LogP contribution in [0.3, 0.4) is 0 Å². The first-order chi connectivity index (χ1) is 11.9. The maximum atomic E-state index is 4.86. The largest absolute Gasteiger partial charge is 1.00 e. The van der Waals surface area contributed by atoms with E-state index in [0.29, 0.717) is 0 Å². The van der Waals surface area contributed by atoms with Crippen molar-refractivity contribution in [3.63, 3.8) is 0 Å². The number of benzene rings is 3. The third-order valence-electron chi connectivity index (χ3n) is 3.74. The zero-order valence-corrected chi connectivity index (χ0v) is 15.8. The number of thiazole rings is 1. The van der Waals surface area contributed by atoms with Gasteiger partial charge in [0.2, 0.25) is 0 Å². The summed E-state index contributed by atoms with van der Waals surface area (Å²) >= 11 is 1.68. The van der Waals surface area contributed by atoms with Crippen molar-refractivity contribution in [3.05, 3.63) is 91.0 Å². The summed E-state index contributed by atoms with van der Waals surface area (Å²) in [6.45, 7) is 0. The van der Waals surface area contributed by atoms with Gasteiger partial charge in [0.1, 0.15) is 0 Å². The van der Waals surface area contributed by atoms with Gasteiger partial charge in [0.15, 0.2) is 5.13 Å². The molecule has 25 heavy (non-hydrogen) atoms. The Morgan fingerprint density at radius 2 is 1.16 bits per heavy atom. The number of nitrogens with zero attached hydrogens (tertiary/aromatic N) is 1. The molecule has 124 valence electrons. The summed E-state index contributed by atoms with van der Waals surface area (Å²) < 4.78 is 0. The molecule has 0 fully saturated rings. The van der Waals surface area contributed by atoms with Crippen LogP contribution in [0.15, 0.2) is 91.0 Å². The molecule has 4 heteroatoms. The Morgan fingerprint density at radius 3 is 1.76 bits per heavy atom. The van der Waals surface area contributed by atoms with Crippen LogP contribution in [-0.2, 0) is 0 Å². The number of nitrogens with one attached hydrogen (secondary N) is 1. The number of rotatable bonds is 4. The molecule has 0 aliphatic heterocycles. The highest BCUT2D eigenvalue weighted by molar-refractivity contribution is 7.19. The molecule has 4 rings (SSSR count). The van der Waals surface area contributed by atoms with Crippen LogP contribution in [0.4, 0.5) is 10.8 Å². The lowest BCUT2D eigenvalue weighted by molar-refractivity contribution is -0.00000458. The van der Waals surface area contributed by atoms with Gasteiger partial charge in [0, 0.05) is 11.3 Å². The van der Waals surface area contributed by atoms with Crippen LogP contribution in [0.25, 0.3) is 21.7 Å². The minimum Gasteiger partial charge on any atom is -1.00 e. The Labute approximate surface area is 162 Å². The van der Waals surface area contributed by atoms with Gasteiger partial charge in [-0.15, -0.1) is 0 Å². The van der Waals surface area contributed by atoms with Crippen molar-refractivity contribution in [1.82, 2.24) is 4.98 Å². The smallest absolute Gasteiger partial charge is 0.188 e. The first kappa shape index (κ1) is 17.4. The maximum Gasteiger partial charge on any atom is 0.188 e. The predicted octanol–water partition coefficient (Wildman–Crippen LogP) is 3.22. The number of para-hydroxylation sites is 1. The standard InChI is InChI=1S/C21H16N2S.BrH/c1-4-10-16(11-5-1)19-20(17-12-6-2-7-13-17)24-21(23-19)22-18-14-8-3-9-15-18;/h1-15H,(H,22,23);1H/p-1. The predicted molar refractivity (Wildman–Crippen MR) is 103 cm³/mol. The molecule has 1 aromatic heterocycles. The van der Waals surface area contributed by atoms with Crippen molar-refractivity contribution >= 4 is 22.2 Å². The number of hydrogen-bond acceptors (Lipinski definition) is 3. The average molecular weight is 408 g/mol. The number of halogens is 1. The van der Waals surface area contributed by atoms with Gasteiger partial charge in [-0.1, -0.05) is 90.2 Å². The Morgan fingerprint density at radius 1 is 0.640 bits per heavy atom. The molecule has 0 saturated carbocycles. The van der Waals surface area contributed by atoms with Crippen molar-refractivity contribution in [1.29, 1.82) is 0 Å². The van der Waals surface area contributed by atoms with Gasteiger partial charge in [-0.3, -0.25) is 0 Å². The summed E-state index contributed by atoms with van der Waals surface area (Å²) in [5.74, 6) is 0. The highest BCUT2D eigenvalue weighted by Gasteiger charge is 2.14. The molecule has 0 aliphatic carbocycles. The van der Waals surface area contributed by atoms with Crippen molar-refractivity contribution < 1.29 is 17.0 Å². The second kappa shape index (κ2) is 8.10. The van der Waals surface area contributed by atoms with Gasteiger partial charge < -0.3 is 22.3 Å². The van der Waals surface area contributed by atoms with E-state index < -0.39 is 0 Å². The highest BCUT2D eigenvalue weighted by Crippen LogP contribution is 2.39. The molecule has 0 unspecified atom stereocenters. The van der Waals surface area contributed by atoms with Crippen molar-refractivity contribution in [2.24, 2.45) is 0 Å². The lowest BCUT2D eigenvalue weighted by Gasteiger charge is -2.02. The molecule has 3 aromatic carbocycles. The van der Waals surface area contributed by atoms with Gasteiger partial charge in [-0.05, 0) is 17.7 Å². The minimum atomic E-state index is 0. The van der Waals surface area contributed by atoms with Gasteiger partial charge in [0.25, 0.3) is 0 Å². The van der Waals surface area contributed by atoms with E-state index in [-0.39, 0.29) is 17.0 Å². The maximum absolute atomic E-state index is 4.86. The monoisotopic (exact) mass is 407 g/mol. The van der Waals surface area contributed by atoms with Crippen LogP contribution < -0.4 is 22.3 Å². The second-order valence-corrected chi connectivity index (χ2v) is 6.42. The summed E-state index contributed by atoms with van der Waals surface area (Å²) in [6, 6.07) is 30.9. The molecular formula is C21H16BrN2S-. The topological polar surface area (TPSA) is 24.9 Å². The van der Waals surface area contributed by atoms with E-state index in [9.17, 15) is 0 Å². The Kier molecular flexibility index (Phi) is 5.64. The van der Waals surface area contributed by atoms with Crippen LogP contribution >= 0.6 is 11.3 Å². The average Bonchev–Trinajstić information content (AvgIpc) is 3.08. The zero-order chi connectivity index (χ0) is 16.2. The van der Waals surface area contributed by atoms with Crippen molar-refractivity contribution in [2.75, 3.05) is 5.32 Å². The summed E-state index contributed by atoms with van der Waals surface area (Å²) in [5.41, 5.74) is 4.39. The Bertz CT molecular complexity index is 865. The second-order valence-electron chi connectivity index (χ2n) is 5.42. The first-order valence-electron chi connectivity index (χ1n) is 7.84. The fourth-order valence-corrected chi connectivity index (χ4v) is 3.61. The first-order valence-corrected chi connectivity index (χ1v) is 8.65. The molecule has 0 spiro atoms. The van der Waals surface area contributed by atoms with E-state index in [0.717, 1.165) is 22.1 Å². The molecular weight excluding hydrogens is 392 g/mol. The van der Waals surface area contributed by atoms with Crippen LogP contribution in [0, 0.1) is 0 Å². The molecule has 0 atom stereocenters. The molecule has 0 amide bonds. The van der Waals surface area contributed by atoms with E-state index in [1.165, 1.54) is 10.4 Å². The zero-order valence-electron chi connectivity index (χ0n) is 13.4. The van der Waals surface area contributed by atoms with Crippen molar-refractivity contribution in [3.8, 4) is 21.7 Å². The van der Waals surface area contributed by atoms with E-state index in [4.69, 9.17) is 4.98 Å². The lowest BCUT2D eigenvalue weighted by Crippen LogP contribution is -3.00. The lowest BCUT2D eigenvalue weighted by atomic mass is 10.1. The van der Waals surface area contributed by atoms with Gasteiger partial charge in [-0.25, -0.2) is 4.98 Å². The van der Waals surface area contributed by atoms with E-state index >= 15 is 0 Å². The van der Waals surface area contributed by atoms with Gasteiger partial charge in [-0.2, -0.15) is 0 Å². The van der Waals surface area contributed by atoms with Crippen LogP contribution in [-0.4, -0.2) is 4.98 Å². The molecule has 0 aliphatic rings. The number of anilines is 2. The quantitative estimate of drug-likeness (QED) is 0.561. The van der Waals surface area contributed by atoms with E-state index in [2.05, 4.69) is 41.7 Å². The van der Waals surface area contributed by atoms with Gasteiger partial charge in [0.05, 0.1) is 10.6 Å². The number of aromatic nitrogens is 1. The molecule has 1 N–H and O–H groups in total. The SMILES string of the molecule is [Br-].c1ccc(Nc2nc(-c3ccccc3)c(-c3ccccc3)s2)cc1. The van der Waals surface area contributed by atoms with Gasteiger partial charge >= 0.3 is 0 Å². The molecule has 0 radical (unpaired) electrons.